The van der Waals surface area contributed by atoms with Crippen molar-refractivity contribution >= 4 is 28.1 Å². The number of sulfonamides is 1. The molecule has 28 heavy (non-hydrogen) atoms. The van der Waals surface area contributed by atoms with Crippen LogP contribution in [0.3, 0.4) is 0 Å². The number of hydrogen-bond acceptors (Lipinski definition) is 6. The van der Waals surface area contributed by atoms with Gasteiger partial charge in [-0.1, -0.05) is 23.4 Å². The Balaban J connectivity index is 1.83. The Morgan fingerprint density at radius 3 is 2.46 bits per heavy atom. The summed E-state index contributed by atoms with van der Waals surface area (Å²) >= 11 is 0. The SMILES string of the molecule is COc1ccc(/C=C/c2onc(C)c2S(=O)(=O)N2CCC(C(=O)O)CC2)cc1. The Kier molecular flexibility index (Phi) is 5.85. The van der Waals surface area contributed by atoms with Crippen molar-refractivity contribution in [2.45, 2.75) is 24.7 Å². The van der Waals surface area contributed by atoms with E-state index in [1.807, 2.05) is 12.1 Å². The molecule has 1 saturated heterocycles. The van der Waals surface area contributed by atoms with Gasteiger partial charge < -0.3 is 14.4 Å². The molecule has 1 aromatic carbocycles. The van der Waals surface area contributed by atoms with Gasteiger partial charge in [0.15, 0.2) is 10.7 Å². The highest BCUT2D eigenvalue weighted by Crippen LogP contribution is 2.29. The van der Waals surface area contributed by atoms with Gasteiger partial charge in [-0.05, 0) is 43.5 Å². The smallest absolute Gasteiger partial charge is 0.306 e. The molecule has 8 nitrogen and oxygen atoms in total. The molecular formula is C19H22N2O6S. The molecule has 0 saturated carbocycles. The number of methoxy groups -OCH3 is 1. The Labute approximate surface area is 163 Å². The molecule has 2 aromatic rings. The zero-order valence-electron chi connectivity index (χ0n) is 15.7. The lowest BCUT2D eigenvalue weighted by Gasteiger charge is -2.29. The second-order valence-electron chi connectivity index (χ2n) is 6.58. The molecule has 1 aromatic heterocycles. The van der Waals surface area contributed by atoms with Crippen LogP contribution in [0.5, 0.6) is 5.75 Å². The minimum Gasteiger partial charge on any atom is -0.497 e. The Bertz CT molecular complexity index is 970. The van der Waals surface area contributed by atoms with E-state index in [2.05, 4.69) is 5.16 Å². The first kappa shape index (κ1) is 20.1. The van der Waals surface area contributed by atoms with Gasteiger partial charge in [0.2, 0.25) is 10.0 Å². The van der Waals surface area contributed by atoms with E-state index in [1.165, 1.54) is 4.31 Å². The maximum absolute atomic E-state index is 13.1. The fourth-order valence-corrected chi connectivity index (χ4v) is 4.88. The lowest BCUT2D eigenvalue weighted by molar-refractivity contribution is -0.142. The van der Waals surface area contributed by atoms with Crippen LogP contribution in [0, 0.1) is 12.8 Å². The van der Waals surface area contributed by atoms with Crippen LogP contribution in [0.1, 0.15) is 29.9 Å². The summed E-state index contributed by atoms with van der Waals surface area (Å²) in [6, 6.07) is 7.28. The monoisotopic (exact) mass is 406 g/mol. The first-order valence-corrected chi connectivity index (χ1v) is 10.3. The third-order valence-corrected chi connectivity index (χ3v) is 6.83. The van der Waals surface area contributed by atoms with Gasteiger partial charge in [0.25, 0.3) is 0 Å². The highest BCUT2D eigenvalue weighted by Gasteiger charge is 2.35. The minimum absolute atomic E-state index is 0.0195. The molecule has 1 N–H and O–H groups in total. The summed E-state index contributed by atoms with van der Waals surface area (Å²) in [5, 5.41) is 12.9. The molecule has 0 bridgehead atoms. The van der Waals surface area contributed by atoms with Crippen molar-refractivity contribution < 1.29 is 27.6 Å². The third-order valence-electron chi connectivity index (χ3n) is 4.78. The lowest BCUT2D eigenvalue weighted by atomic mass is 9.99. The molecular weight excluding hydrogens is 384 g/mol. The molecule has 2 heterocycles. The molecule has 150 valence electrons. The zero-order valence-corrected chi connectivity index (χ0v) is 16.5. The summed E-state index contributed by atoms with van der Waals surface area (Å²) in [4.78, 5) is 11.1. The molecule has 1 fully saturated rings. The first-order chi connectivity index (χ1) is 13.3. The van der Waals surface area contributed by atoms with E-state index in [-0.39, 0.29) is 42.3 Å². The maximum atomic E-state index is 13.1. The van der Waals surface area contributed by atoms with Crippen molar-refractivity contribution in [3.63, 3.8) is 0 Å². The predicted molar refractivity (Wildman–Crippen MR) is 102 cm³/mol. The first-order valence-electron chi connectivity index (χ1n) is 8.84. The number of ether oxygens (including phenoxy) is 1. The number of carbonyl (C=O) groups is 1. The zero-order chi connectivity index (χ0) is 20.3. The van der Waals surface area contributed by atoms with Crippen LogP contribution < -0.4 is 4.74 Å². The van der Waals surface area contributed by atoms with Crippen molar-refractivity contribution in [2.75, 3.05) is 20.2 Å². The van der Waals surface area contributed by atoms with Gasteiger partial charge in [0.05, 0.1) is 13.0 Å². The number of aryl methyl sites for hydroxylation is 1. The fraction of sp³-hybridized carbons (Fsp3) is 0.368. The van der Waals surface area contributed by atoms with E-state index < -0.39 is 21.9 Å². The van der Waals surface area contributed by atoms with Crippen molar-refractivity contribution in [3.8, 4) is 5.75 Å². The predicted octanol–water partition coefficient (Wildman–Crippen LogP) is 2.65. The van der Waals surface area contributed by atoms with Gasteiger partial charge in [0, 0.05) is 13.1 Å². The number of nitrogens with zero attached hydrogens (tertiary/aromatic N) is 2. The van der Waals surface area contributed by atoms with E-state index in [0.717, 1.165) is 11.3 Å². The molecule has 0 unspecified atom stereocenters. The standard InChI is InChI=1S/C19H22N2O6S/c1-13-18(28(24,25)21-11-9-15(10-12-21)19(22)23)17(27-20-13)8-5-14-3-6-16(26-2)7-4-14/h3-8,15H,9-12H2,1-2H3,(H,22,23)/b8-5+. The van der Waals surface area contributed by atoms with Gasteiger partial charge >= 0.3 is 5.97 Å². The second-order valence-corrected chi connectivity index (χ2v) is 8.46. The van der Waals surface area contributed by atoms with Crippen molar-refractivity contribution in [2.24, 2.45) is 5.92 Å². The van der Waals surface area contributed by atoms with Crippen LogP contribution in [0.2, 0.25) is 0 Å². The van der Waals surface area contributed by atoms with Crippen LogP contribution in [-0.2, 0) is 14.8 Å². The number of carboxylic acid groups (broad SMARTS) is 1. The molecule has 9 heteroatoms. The molecule has 1 aliphatic heterocycles. The van der Waals surface area contributed by atoms with Gasteiger partial charge in [-0.3, -0.25) is 4.79 Å². The highest BCUT2D eigenvalue weighted by atomic mass is 32.2. The molecule has 0 amide bonds. The van der Waals surface area contributed by atoms with E-state index in [0.29, 0.717) is 0 Å². The molecule has 0 aliphatic carbocycles. The van der Waals surface area contributed by atoms with Gasteiger partial charge in [-0.15, -0.1) is 0 Å². The van der Waals surface area contributed by atoms with Crippen LogP contribution in [-0.4, -0.2) is 49.2 Å². The number of piperidine rings is 1. The van der Waals surface area contributed by atoms with E-state index in [1.54, 1.807) is 38.3 Å². The van der Waals surface area contributed by atoms with E-state index in [4.69, 9.17) is 14.4 Å². The van der Waals surface area contributed by atoms with Gasteiger partial charge in [-0.25, -0.2) is 8.42 Å². The summed E-state index contributed by atoms with van der Waals surface area (Å²) < 4.78 is 37.8. The van der Waals surface area contributed by atoms with Crippen LogP contribution in [0.4, 0.5) is 0 Å². The lowest BCUT2D eigenvalue weighted by Crippen LogP contribution is -2.40. The highest BCUT2D eigenvalue weighted by molar-refractivity contribution is 7.89. The number of hydrogen-bond donors (Lipinski definition) is 1. The summed E-state index contributed by atoms with van der Waals surface area (Å²) in [7, 11) is -2.25. The Hall–Kier alpha value is -2.65. The average Bonchev–Trinajstić information content (AvgIpc) is 3.08. The number of benzene rings is 1. The molecule has 3 rings (SSSR count). The Morgan fingerprint density at radius 2 is 1.89 bits per heavy atom. The topological polar surface area (TPSA) is 110 Å². The number of carboxylic acids is 1. The number of aliphatic carboxylic acids is 1. The van der Waals surface area contributed by atoms with Crippen LogP contribution in [0.15, 0.2) is 33.7 Å². The summed E-state index contributed by atoms with van der Waals surface area (Å²) in [6.07, 6.45) is 3.87. The van der Waals surface area contributed by atoms with E-state index >= 15 is 0 Å². The van der Waals surface area contributed by atoms with Crippen molar-refractivity contribution in [1.29, 1.82) is 0 Å². The normalized spacial score (nSPS) is 16.5. The molecule has 0 atom stereocenters. The van der Waals surface area contributed by atoms with E-state index in [9.17, 15) is 13.2 Å². The van der Waals surface area contributed by atoms with Gasteiger partial charge in [0.1, 0.15) is 11.4 Å². The third kappa shape index (κ3) is 4.10. The minimum atomic E-state index is -3.83. The molecule has 0 spiro atoms. The second kappa shape index (κ2) is 8.15. The summed E-state index contributed by atoms with van der Waals surface area (Å²) in [5.74, 6) is -0.528. The summed E-state index contributed by atoms with van der Waals surface area (Å²) in [5.41, 5.74) is 1.12. The average molecular weight is 406 g/mol. The summed E-state index contributed by atoms with van der Waals surface area (Å²) in [6.45, 7) is 1.89. The van der Waals surface area contributed by atoms with Crippen molar-refractivity contribution in [1.82, 2.24) is 9.46 Å². The molecule has 1 aliphatic rings. The largest absolute Gasteiger partial charge is 0.497 e. The van der Waals surface area contributed by atoms with Gasteiger partial charge in [-0.2, -0.15) is 4.31 Å². The quantitative estimate of drug-likeness (QED) is 0.785. The molecule has 0 radical (unpaired) electrons. The van der Waals surface area contributed by atoms with Crippen LogP contribution >= 0.6 is 0 Å². The number of aromatic nitrogens is 1. The Morgan fingerprint density at radius 1 is 1.25 bits per heavy atom. The van der Waals surface area contributed by atoms with Crippen LogP contribution in [0.25, 0.3) is 12.2 Å². The number of rotatable bonds is 6. The van der Waals surface area contributed by atoms with Crippen molar-refractivity contribution in [3.05, 3.63) is 41.3 Å². The maximum Gasteiger partial charge on any atom is 0.306 e. The fourth-order valence-electron chi connectivity index (χ4n) is 3.16.